The van der Waals surface area contributed by atoms with Gasteiger partial charge in [-0.1, -0.05) is 30.3 Å². The molecule has 1 unspecified atom stereocenters. The molecule has 6 nitrogen and oxygen atoms in total. The van der Waals surface area contributed by atoms with Crippen molar-refractivity contribution >= 4 is 11.5 Å². The van der Waals surface area contributed by atoms with Crippen molar-refractivity contribution in [3.8, 4) is 0 Å². The minimum atomic E-state index is -0.0915. The molecule has 3 aromatic rings. The van der Waals surface area contributed by atoms with E-state index in [2.05, 4.69) is 20.5 Å². The highest BCUT2D eigenvalue weighted by atomic mass is 15.2. The molecule has 0 saturated carbocycles. The number of anilines is 1. The van der Waals surface area contributed by atoms with E-state index in [-0.39, 0.29) is 6.04 Å². The zero-order chi connectivity index (χ0) is 13.1. The van der Waals surface area contributed by atoms with Gasteiger partial charge in [0, 0.05) is 25.0 Å². The van der Waals surface area contributed by atoms with Gasteiger partial charge >= 0.3 is 0 Å². The van der Waals surface area contributed by atoms with Gasteiger partial charge < -0.3 is 11.1 Å². The SMILES string of the molecule is NC(CNc1nccn2cnnc12)c1ccccc1. The summed E-state index contributed by atoms with van der Waals surface area (Å²) < 4.78 is 1.81. The van der Waals surface area contributed by atoms with E-state index < -0.39 is 0 Å². The highest BCUT2D eigenvalue weighted by Crippen LogP contribution is 2.13. The van der Waals surface area contributed by atoms with Crippen LogP contribution in [0.3, 0.4) is 0 Å². The van der Waals surface area contributed by atoms with Gasteiger partial charge in [0.25, 0.3) is 0 Å². The predicted molar refractivity (Wildman–Crippen MR) is 72.6 cm³/mol. The van der Waals surface area contributed by atoms with E-state index in [1.165, 1.54) is 0 Å². The van der Waals surface area contributed by atoms with E-state index >= 15 is 0 Å². The molecule has 3 rings (SSSR count). The Morgan fingerprint density at radius 3 is 2.95 bits per heavy atom. The molecule has 1 atom stereocenters. The lowest BCUT2D eigenvalue weighted by atomic mass is 10.1. The molecule has 2 aromatic heterocycles. The van der Waals surface area contributed by atoms with Crippen molar-refractivity contribution in [3.63, 3.8) is 0 Å². The van der Waals surface area contributed by atoms with Crippen LogP contribution in [0.1, 0.15) is 11.6 Å². The first-order valence-electron chi connectivity index (χ1n) is 6.03. The smallest absolute Gasteiger partial charge is 0.203 e. The third kappa shape index (κ3) is 2.38. The van der Waals surface area contributed by atoms with Crippen LogP contribution in [0, 0.1) is 0 Å². The minimum absolute atomic E-state index is 0.0915. The second-order valence-corrected chi connectivity index (χ2v) is 4.24. The molecule has 0 amide bonds. The maximum absolute atomic E-state index is 6.13. The molecule has 1 aromatic carbocycles. The zero-order valence-electron chi connectivity index (χ0n) is 10.3. The minimum Gasteiger partial charge on any atom is -0.365 e. The Morgan fingerprint density at radius 2 is 2.11 bits per heavy atom. The number of hydrogen-bond donors (Lipinski definition) is 2. The molecule has 0 aliphatic carbocycles. The maximum Gasteiger partial charge on any atom is 0.203 e. The first-order valence-corrected chi connectivity index (χ1v) is 6.03. The van der Waals surface area contributed by atoms with Gasteiger partial charge in [0.15, 0.2) is 5.82 Å². The average molecular weight is 254 g/mol. The van der Waals surface area contributed by atoms with Gasteiger partial charge in [0.2, 0.25) is 5.65 Å². The maximum atomic E-state index is 6.13. The fraction of sp³-hybridized carbons (Fsp3) is 0.154. The number of aromatic nitrogens is 4. The molecule has 0 aliphatic heterocycles. The number of rotatable bonds is 4. The fourth-order valence-corrected chi connectivity index (χ4v) is 1.91. The molecule has 96 valence electrons. The van der Waals surface area contributed by atoms with Gasteiger partial charge in [-0.25, -0.2) is 4.98 Å². The molecule has 19 heavy (non-hydrogen) atoms. The molecular formula is C13H14N6. The van der Waals surface area contributed by atoms with Gasteiger partial charge in [0.1, 0.15) is 6.33 Å². The summed E-state index contributed by atoms with van der Waals surface area (Å²) in [6, 6.07) is 9.86. The normalized spacial score (nSPS) is 12.5. The third-order valence-corrected chi connectivity index (χ3v) is 2.93. The zero-order valence-corrected chi connectivity index (χ0v) is 10.3. The molecule has 6 heteroatoms. The fourth-order valence-electron chi connectivity index (χ4n) is 1.91. The molecule has 0 radical (unpaired) electrons. The number of hydrogen-bond acceptors (Lipinski definition) is 5. The Labute approximate surface area is 110 Å². The second-order valence-electron chi connectivity index (χ2n) is 4.24. The summed E-state index contributed by atoms with van der Waals surface area (Å²) in [4.78, 5) is 4.25. The van der Waals surface area contributed by atoms with Gasteiger partial charge in [0.05, 0.1) is 0 Å². The van der Waals surface area contributed by atoms with Gasteiger partial charge in [-0.2, -0.15) is 0 Å². The summed E-state index contributed by atoms with van der Waals surface area (Å²) in [6.45, 7) is 0.587. The Bertz CT molecular complexity index is 663. The van der Waals surface area contributed by atoms with Crippen molar-refractivity contribution in [2.45, 2.75) is 6.04 Å². The topological polar surface area (TPSA) is 81.1 Å². The third-order valence-electron chi connectivity index (χ3n) is 2.93. The van der Waals surface area contributed by atoms with Crippen molar-refractivity contribution < 1.29 is 0 Å². The Morgan fingerprint density at radius 1 is 1.26 bits per heavy atom. The summed E-state index contributed by atoms with van der Waals surface area (Å²) >= 11 is 0. The van der Waals surface area contributed by atoms with Crippen molar-refractivity contribution in [2.75, 3.05) is 11.9 Å². The molecule has 0 saturated heterocycles. The van der Waals surface area contributed by atoms with Crippen LogP contribution in [0.25, 0.3) is 5.65 Å². The van der Waals surface area contributed by atoms with Crippen LogP contribution in [0.4, 0.5) is 5.82 Å². The van der Waals surface area contributed by atoms with Gasteiger partial charge in [-0.05, 0) is 5.56 Å². The predicted octanol–water partition coefficient (Wildman–Crippen LogP) is 1.24. The molecule has 3 N–H and O–H groups in total. The van der Waals surface area contributed by atoms with E-state index in [4.69, 9.17) is 5.73 Å². The number of benzene rings is 1. The first kappa shape index (κ1) is 11.6. The van der Waals surface area contributed by atoms with Crippen LogP contribution in [0.15, 0.2) is 49.1 Å². The van der Waals surface area contributed by atoms with Crippen LogP contribution in [0.5, 0.6) is 0 Å². The summed E-state index contributed by atoms with van der Waals surface area (Å²) in [7, 11) is 0. The van der Waals surface area contributed by atoms with E-state index in [9.17, 15) is 0 Å². The largest absolute Gasteiger partial charge is 0.365 e. The highest BCUT2D eigenvalue weighted by molar-refractivity contribution is 5.61. The quantitative estimate of drug-likeness (QED) is 0.732. The molecular weight excluding hydrogens is 240 g/mol. The summed E-state index contributed by atoms with van der Waals surface area (Å²) in [5.41, 5.74) is 7.91. The van der Waals surface area contributed by atoms with Crippen molar-refractivity contribution in [1.29, 1.82) is 0 Å². The highest BCUT2D eigenvalue weighted by Gasteiger charge is 2.08. The Kier molecular flexibility index (Phi) is 3.07. The van der Waals surface area contributed by atoms with Crippen LogP contribution in [-0.4, -0.2) is 26.1 Å². The molecule has 0 bridgehead atoms. The number of nitrogens with zero attached hydrogens (tertiary/aromatic N) is 4. The average Bonchev–Trinajstić information content (AvgIpc) is 2.94. The molecule has 2 heterocycles. The van der Waals surface area contributed by atoms with E-state index in [0.29, 0.717) is 18.0 Å². The molecule has 0 fully saturated rings. The van der Waals surface area contributed by atoms with Crippen LogP contribution in [-0.2, 0) is 0 Å². The standard InChI is InChI=1S/C13H14N6/c14-11(10-4-2-1-3-5-10)8-16-12-13-18-17-9-19(13)7-6-15-12/h1-7,9,11H,8,14H2,(H,15,16). The number of fused-ring (bicyclic) bond motifs is 1. The summed E-state index contributed by atoms with van der Waals surface area (Å²) in [6.07, 6.45) is 5.14. The van der Waals surface area contributed by atoms with E-state index in [1.807, 2.05) is 34.7 Å². The second kappa shape index (κ2) is 5.03. The lowest BCUT2D eigenvalue weighted by Gasteiger charge is -2.13. The van der Waals surface area contributed by atoms with Gasteiger partial charge in [-0.15, -0.1) is 10.2 Å². The Hall–Kier alpha value is -2.47. The molecule has 0 spiro atoms. The molecule has 0 aliphatic rings. The number of nitrogens with two attached hydrogens (primary N) is 1. The summed E-state index contributed by atoms with van der Waals surface area (Å²) in [5, 5.41) is 11.1. The van der Waals surface area contributed by atoms with E-state index in [0.717, 1.165) is 5.56 Å². The van der Waals surface area contributed by atoms with Gasteiger partial charge in [-0.3, -0.25) is 4.40 Å². The van der Waals surface area contributed by atoms with Crippen molar-refractivity contribution in [3.05, 3.63) is 54.6 Å². The van der Waals surface area contributed by atoms with Crippen LogP contribution < -0.4 is 11.1 Å². The monoisotopic (exact) mass is 254 g/mol. The van der Waals surface area contributed by atoms with Crippen LogP contribution in [0.2, 0.25) is 0 Å². The van der Waals surface area contributed by atoms with E-state index in [1.54, 1.807) is 18.7 Å². The van der Waals surface area contributed by atoms with Crippen molar-refractivity contribution in [1.82, 2.24) is 19.6 Å². The number of nitrogens with one attached hydrogen (secondary N) is 1. The van der Waals surface area contributed by atoms with Crippen molar-refractivity contribution in [2.24, 2.45) is 5.73 Å². The first-order chi connectivity index (χ1) is 9.34. The lowest BCUT2D eigenvalue weighted by Crippen LogP contribution is -2.21. The Balaban J connectivity index is 1.74. The summed E-state index contributed by atoms with van der Waals surface area (Å²) in [5.74, 6) is 0.686. The van der Waals surface area contributed by atoms with Crippen LogP contribution >= 0.6 is 0 Å². The lowest BCUT2D eigenvalue weighted by molar-refractivity contribution is 0.762.